The second-order valence-corrected chi connectivity index (χ2v) is 8.87. The molecule has 140 valence electrons. The van der Waals surface area contributed by atoms with Gasteiger partial charge >= 0.3 is 14.7 Å². The van der Waals surface area contributed by atoms with Crippen LogP contribution in [0, 0.1) is 0 Å². The Bertz CT molecular complexity index is 590. The average Bonchev–Trinajstić information content (AvgIpc) is 2.75. The van der Waals surface area contributed by atoms with Crippen LogP contribution in [0.5, 0.6) is 5.75 Å². The third-order valence-corrected chi connectivity index (χ3v) is 6.19. The van der Waals surface area contributed by atoms with Gasteiger partial charge in [0.05, 0.1) is 24.4 Å². The zero-order chi connectivity index (χ0) is 18.7. The third-order valence-electron chi connectivity index (χ3n) is 4.45. The Hall–Kier alpha value is -0.845. The van der Waals surface area contributed by atoms with Gasteiger partial charge in [-0.1, -0.05) is 12.1 Å². The lowest BCUT2D eigenvalue weighted by atomic mass is 9.79. The van der Waals surface area contributed by atoms with E-state index in [4.69, 9.17) is 23.1 Å². The van der Waals surface area contributed by atoms with E-state index in [0.717, 1.165) is 5.46 Å². The van der Waals surface area contributed by atoms with Crippen molar-refractivity contribution in [3.63, 3.8) is 0 Å². The molecular formula is C17H28BO6P. The molecule has 1 aromatic rings. The monoisotopic (exact) mass is 370 g/mol. The highest BCUT2D eigenvalue weighted by atomic mass is 31.2. The van der Waals surface area contributed by atoms with Crippen LogP contribution in [0.4, 0.5) is 0 Å². The minimum atomic E-state index is -3.22. The third kappa shape index (κ3) is 4.86. The highest BCUT2D eigenvalue weighted by molar-refractivity contribution is 7.53. The molecule has 1 aliphatic rings. The molecule has 0 N–H and O–H groups in total. The van der Waals surface area contributed by atoms with E-state index in [9.17, 15) is 4.57 Å². The van der Waals surface area contributed by atoms with E-state index in [2.05, 4.69) is 0 Å². The Morgan fingerprint density at radius 3 is 1.88 bits per heavy atom. The van der Waals surface area contributed by atoms with Gasteiger partial charge in [-0.15, -0.1) is 0 Å². The summed E-state index contributed by atoms with van der Waals surface area (Å²) in [5, 5.41) is 0. The van der Waals surface area contributed by atoms with E-state index in [1.165, 1.54) is 0 Å². The second kappa shape index (κ2) is 7.81. The van der Waals surface area contributed by atoms with Crippen LogP contribution < -0.4 is 10.2 Å². The molecule has 0 aromatic heterocycles. The topological polar surface area (TPSA) is 63.2 Å². The molecule has 0 amide bonds. The minimum absolute atomic E-state index is 0.121. The second-order valence-electron chi connectivity index (χ2n) is 6.88. The first kappa shape index (κ1) is 20.5. The SMILES string of the molecule is CCOP(=O)(COc1ccc(B2OC(C)(C)C(C)(C)O2)cc1)OCC. The van der Waals surface area contributed by atoms with E-state index < -0.39 is 14.7 Å². The summed E-state index contributed by atoms with van der Waals surface area (Å²) >= 11 is 0. The molecule has 1 fully saturated rings. The Labute approximate surface area is 150 Å². The van der Waals surface area contributed by atoms with Crippen LogP contribution in [0.25, 0.3) is 0 Å². The fraction of sp³-hybridized carbons (Fsp3) is 0.647. The summed E-state index contributed by atoms with van der Waals surface area (Å²) in [5.74, 6) is 0.583. The van der Waals surface area contributed by atoms with Crippen molar-refractivity contribution < 1.29 is 27.7 Å². The lowest BCUT2D eigenvalue weighted by molar-refractivity contribution is 0.00578. The van der Waals surface area contributed by atoms with Crippen molar-refractivity contribution in [2.45, 2.75) is 52.7 Å². The first-order chi connectivity index (χ1) is 11.6. The highest BCUT2D eigenvalue weighted by Crippen LogP contribution is 2.47. The van der Waals surface area contributed by atoms with Crippen LogP contribution in [-0.2, 0) is 22.9 Å². The van der Waals surface area contributed by atoms with Crippen molar-refractivity contribution in [1.82, 2.24) is 0 Å². The Kier molecular flexibility index (Phi) is 6.39. The molecule has 0 radical (unpaired) electrons. The van der Waals surface area contributed by atoms with Crippen LogP contribution >= 0.6 is 7.60 Å². The van der Waals surface area contributed by atoms with Crippen molar-refractivity contribution >= 4 is 20.2 Å². The average molecular weight is 370 g/mol. The van der Waals surface area contributed by atoms with Crippen molar-refractivity contribution in [2.24, 2.45) is 0 Å². The van der Waals surface area contributed by atoms with Crippen LogP contribution in [0.15, 0.2) is 24.3 Å². The summed E-state index contributed by atoms with van der Waals surface area (Å²) in [6.45, 7) is 12.2. The molecule has 1 saturated heterocycles. The summed E-state index contributed by atoms with van der Waals surface area (Å²) in [6, 6.07) is 7.35. The molecule has 2 rings (SSSR count). The zero-order valence-electron chi connectivity index (χ0n) is 15.9. The van der Waals surface area contributed by atoms with Gasteiger partial charge in [-0.25, -0.2) is 0 Å². The van der Waals surface area contributed by atoms with E-state index in [1.54, 1.807) is 26.0 Å². The predicted molar refractivity (Wildman–Crippen MR) is 98.5 cm³/mol. The molecule has 0 aliphatic carbocycles. The van der Waals surface area contributed by atoms with Gasteiger partial charge in [0.1, 0.15) is 5.75 Å². The smallest absolute Gasteiger partial charge is 0.481 e. The zero-order valence-corrected chi connectivity index (χ0v) is 16.8. The molecule has 1 heterocycles. The van der Waals surface area contributed by atoms with Crippen LogP contribution in [-0.4, -0.2) is 37.9 Å². The van der Waals surface area contributed by atoms with E-state index in [0.29, 0.717) is 19.0 Å². The van der Waals surface area contributed by atoms with Gasteiger partial charge in [-0.05, 0) is 59.1 Å². The first-order valence-electron chi connectivity index (χ1n) is 8.59. The maximum Gasteiger partial charge on any atom is 0.494 e. The van der Waals surface area contributed by atoms with Crippen LogP contribution in [0.3, 0.4) is 0 Å². The standard InChI is InChI=1S/C17H28BO6P/c1-7-21-25(19,22-8-2)13-20-15-11-9-14(10-12-15)18-23-16(3,4)17(5,6)24-18/h9-12H,7-8,13H2,1-6H3. The van der Waals surface area contributed by atoms with Gasteiger partial charge in [0.25, 0.3) is 0 Å². The molecule has 0 bridgehead atoms. The number of ether oxygens (including phenoxy) is 1. The normalized spacial score (nSPS) is 19.2. The summed E-state index contributed by atoms with van der Waals surface area (Å²) in [7, 11) is -3.64. The Morgan fingerprint density at radius 2 is 1.44 bits per heavy atom. The largest absolute Gasteiger partial charge is 0.494 e. The Balaban J connectivity index is 2.00. The molecule has 25 heavy (non-hydrogen) atoms. The molecule has 0 atom stereocenters. The van der Waals surface area contributed by atoms with Crippen molar-refractivity contribution in [1.29, 1.82) is 0 Å². The van der Waals surface area contributed by atoms with Crippen molar-refractivity contribution in [3.8, 4) is 5.75 Å². The molecule has 0 saturated carbocycles. The number of rotatable bonds is 8. The summed E-state index contributed by atoms with van der Waals surface area (Å²) < 4.78 is 40.4. The van der Waals surface area contributed by atoms with Crippen LogP contribution in [0.2, 0.25) is 0 Å². The van der Waals surface area contributed by atoms with E-state index >= 15 is 0 Å². The van der Waals surface area contributed by atoms with Gasteiger partial charge in [-0.2, -0.15) is 0 Å². The van der Waals surface area contributed by atoms with Gasteiger partial charge < -0.3 is 23.1 Å². The molecule has 0 unspecified atom stereocenters. The maximum absolute atomic E-state index is 12.4. The van der Waals surface area contributed by atoms with Crippen molar-refractivity contribution in [2.75, 3.05) is 19.6 Å². The van der Waals surface area contributed by atoms with Gasteiger partial charge in [-0.3, -0.25) is 4.57 Å². The summed E-state index contributed by atoms with van der Waals surface area (Å²) in [4.78, 5) is 0. The maximum atomic E-state index is 12.4. The predicted octanol–water partition coefficient (Wildman–Crippen LogP) is 3.59. The molecular weight excluding hydrogens is 342 g/mol. The van der Waals surface area contributed by atoms with Crippen molar-refractivity contribution in [3.05, 3.63) is 24.3 Å². The van der Waals surface area contributed by atoms with E-state index in [1.807, 2.05) is 39.8 Å². The van der Waals surface area contributed by atoms with Gasteiger partial charge in [0.2, 0.25) is 0 Å². The lowest BCUT2D eigenvalue weighted by Crippen LogP contribution is -2.41. The fourth-order valence-electron chi connectivity index (χ4n) is 2.36. The van der Waals surface area contributed by atoms with Gasteiger partial charge in [0.15, 0.2) is 6.35 Å². The lowest BCUT2D eigenvalue weighted by Gasteiger charge is -2.32. The first-order valence-corrected chi connectivity index (χ1v) is 10.3. The summed E-state index contributed by atoms with van der Waals surface area (Å²) in [6.07, 6.45) is -0.121. The molecule has 8 heteroatoms. The number of hydrogen-bond donors (Lipinski definition) is 0. The molecule has 1 aliphatic heterocycles. The van der Waals surface area contributed by atoms with E-state index in [-0.39, 0.29) is 17.6 Å². The number of benzene rings is 1. The molecule has 6 nitrogen and oxygen atoms in total. The number of hydrogen-bond acceptors (Lipinski definition) is 6. The summed E-state index contributed by atoms with van der Waals surface area (Å²) in [5.41, 5.74) is 0.145. The molecule has 1 aromatic carbocycles. The van der Waals surface area contributed by atoms with Crippen LogP contribution in [0.1, 0.15) is 41.5 Å². The fourth-order valence-corrected chi connectivity index (χ4v) is 3.68. The van der Waals surface area contributed by atoms with Gasteiger partial charge in [0, 0.05) is 0 Å². The quantitative estimate of drug-likeness (QED) is 0.515. The highest BCUT2D eigenvalue weighted by Gasteiger charge is 2.51. The Morgan fingerprint density at radius 1 is 0.960 bits per heavy atom. The minimum Gasteiger partial charge on any atom is -0.481 e. The molecule has 0 spiro atoms.